The topological polar surface area (TPSA) is 102 Å². The van der Waals surface area contributed by atoms with Gasteiger partial charge in [0.1, 0.15) is 10.8 Å². The summed E-state index contributed by atoms with van der Waals surface area (Å²) in [6.45, 7) is 3.23. The van der Waals surface area contributed by atoms with Crippen LogP contribution in [0.3, 0.4) is 0 Å². The van der Waals surface area contributed by atoms with Crippen molar-refractivity contribution >= 4 is 38.9 Å². The highest BCUT2D eigenvalue weighted by Gasteiger charge is 2.26. The monoisotopic (exact) mass is 458 g/mol. The van der Waals surface area contributed by atoms with Gasteiger partial charge in [0.25, 0.3) is 15.9 Å². The minimum atomic E-state index is -3.82. The number of ether oxygens (including phenoxy) is 1. The Bertz CT molecular complexity index is 1140. The van der Waals surface area contributed by atoms with Gasteiger partial charge in [-0.15, -0.1) is 11.3 Å². The van der Waals surface area contributed by atoms with Gasteiger partial charge < -0.3 is 10.1 Å². The number of nitrogens with one attached hydrogen (secondary N) is 2. The second-order valence-corrected chi connectivity index (χ2v) is 9.84. The van der Waals surface area contributed by atoms with Crippen molar-refractivity contribution in [3.8, 4) is 0 Å². The molecule has 31 heavy (non-hydrogen) atoms. The summed E-state index contributed by atoms with van der Waals surface area (Å²) in [5, 5.41) is 4.39. The molecule has 0 aliphatic heterocycles. The number of carbonyl (C=O) groups excluding carboxylic acids is 2. The average molecular weight is 459 g/mol. The van der Waals surface area contributed by atoms with Crippen LogP contribution in [0.2, 0.25) is 0 Å². The molecule has 1 amide bonds. The van der Waals surface area contributed by atoms with Gasteiger partial charge >= 0.3 is 5.97 Å². The van der Waals surface area contributed by atoms with Crippen LogP contribution < -0.4 is 10.0 Å². The third-order valence-electron chi connectivity index (χ3n) is 4.25. The zero-order chi connectivity index (χ0) is 22.4. The standard InChI is InChI=1S/C22H22N2O5S2/c1-15-11-16(2)13-18(12-15)24-22(26)21(17-7-4-3-5-8-17)29-19(25)14-23-31(27,28)20-9-6-10-30-20/h3-13,21,23H,14H2,1-2H3,(H,24,26). The number of esters is 1. The molecular weight excluding hydrogens is 436 g/mol. The first kappa shape index (κ1) is 22.7. The molecule has 3 rings (SSSR count). The molecule has 3 aromatic rings. The van der Waals surface area contributed by atoms with Crippen molar-refractivity contribution in [1.82, 2.24) is 4.72 Å². The van der Waals surface area contributed by atoms with E-state index in [1.807, 2.05) is 32.0 Å². The van der Waals surface area contributed by atoms with E-state index in [1.54, 1.807) is 41.8 Å². The van der Waals surface area contributed by atoms with E-state index in [-0.39, 0.29) is 4.21 Å². The highest BCUT2D eigenvalue weighted by molar-refractivity contribution is 7.91. The quantitative estimate of drug-likeness (QED) is 0.503. The summed E-state index contributed by atoms with van der Waals surface area (Å²) in [6.07, 6.45) is -1.24. The van der Waals surface area contributed by atoms with Gasteiger partial charge in [0, 0.05) is 11.3 Å². The zero-order valence-electron chi connectivity index (χ0n) is 17.0. The van der Waals surface area contributed by atoms with Gasteiger partial charge in [-0.25, -0.2) is 8.42 Å². The number of amides is 1. The van der Waals surface area contributed by atoms with Crippen LogP contribution in [0.15, 0.2) is 70.3 Å². The third-order valence-corrected chi connectivity index (χ3v) is 7.04. The highest BCUT2D eigenvalue weighted by Crippen LogP contribution is 2.22. The Balaban J connectivity index is 1.73. The molecule has 0 saturated carbocycles. The number of sulfonamides is 1. The lowest BCUT2D eigenvalue weighted by Crippen LogP contribution is -2.33. The van der Waals surface area contributed by atoms with E-state index in [9.17, 15) is 18.0 Å². The normalized spacial score (nSPS) is 12.2. The van der Waals surface area contributed by atoms with Crippen molar-refractivity contribution in [1.29, 1.82) is 0 Å². The predicted octanol–water partition coefficient (Wildman–Crippen LogP) is 3.57. The fraction of sp³-hybridized carbons (Fsp3) is 0.182. The van der Waals surface area contributed by atoms with Gasteiger partial charge in [0.15, 0.2) is 0 Å². The zero-order valence-corrected chi connectivity index (χ0v) is 18.6. The molecule has 7 nitrogen and oxygen atoms in total. The van der Waals surface area contributed by atoms with Crippen molar-refractivity contribution in [3.63, 3.8) is 0 Å². The van der Waals surface area contributed by atoms with Crippen molar-refractivity contribution in [2.45, 2.75) is 24.2 Å². The van der Waals surface area contributed by atoms with Crippen LogP contribution in [0, 0.1) is 13.8 Å². The molecule has 0 saturated heterocycles. The van der Waals surface area contributed by atoms with Gasteiger partial charge in [-0.2, -0.15) is 4.72 Å². The number of rotatable bonds is 8. The number of carbonyl (C=O) groups is 2. The maximum absolute atomic E-state index is 12.9. The van der Waals surface area contributed by atoms with Crippen LogP contribution in [-0.2, 0) is 24.3 Å². The smallest absolute Gasteiger partial charge is 0.322 e. The summed E-state index contributed by atoms with van der Waals surface area (Å²) in [6, 6.07) is 17.2. The fourth-order valence-corrected chi connectivity index (χ4v) is 4.98. The van der Waals surface area contributed by atoms with Crippen LogP contribution in [0.1, 0.15) is 22.8 Å². The number of benzene rings is 2. The molecule has 0 aliphatic carbocycles. The Morgan fingerprint density at radius 1 is 1.00 bits per heavy atom. The Morgan fingerprint density at radius 3 is 2.29 bits per heavy atom. The van der Waals surface area contributed by atoms with Gasteiger partial charge in [0.2, 0.25) is 6.10 Å². The summed E-state index contributed by atoms with van der Waals surface area (Å²) in [5.41, 5.74) is 3.01. The molecule has 9 heteroatoms. The van der Waals surface area contributed by atoms with Crippen LogP contribution in [0.5, 0.6) is 0 Å². The molecule has 2 N–H and O–H groups in total. The number of thiophene rings is 1. The molecule has 0 spiro atoms. The van der Waals surface area contributed by atoms with Gasteiger partial charge in [-0.05, 0) is 48.6 Å². The predicted molar refractivity (Wildman–Crippen MR) is 119 cm³/mol. The Morgan fingerprint density at radius 2 is 1.68 bits per heavy atom. The summed E-state index contributed by atoms with van der Waals surface area (Å²) in [5.74, 6) is -1.41. The van der Waals surface area contributed by atoms with E-state index >= 15 is 0 Å². The van der Waals surface area contributed by atoms with Crippen molar-refractivity contribution in [2.75, 3.05) is 11.9 Å². The third kappa shape index (κ3) is 6.24. The number of anilines is 1. The highest BCUT2D eigenvalue weighted by atomic mass is 32.2. The molecule has 1 atom stereocenters. The van der Waals surface area contributed by atoms with E-state index in [4.69, 9.17) is 4.74 Å². The Kier molecular flexibility index (Phi) is 7.21. The summed E-state index contributed by atoms with van der Waals surface area (Å²) in [7, 11) is -3.82. The fourth-order valence-electron chi connectivity index (χ4n) is 2.97. The van der Waals surface area contributed by atoms with E-state index < -0.39 is 34.5 Å². The van der Waals surface area contributed by atoms with Crippen LogP contribution >= 0.6 is 11.3 Å². The molecule has 1 heterocycles. The van der Waals surface area contributed by atoms with Crippen molar-refractivity contribution in [2.24, 2.45) is 0 Å². The first-order chi connectivity index (χ1) is 14.7. The second-order valence-electron chi connectivity index (χ2n) is 6.90. The lowest BCUT2D eigenvalue weighted by molar-refractivity contribution is -0.153. The minimum absolute atomic E-state index is 0.0902. The maximum Gasteiger partial charge on any atom is 0.322 e. The lowest BCUT2D eigenvalue weighted by Gasteiger charge is -2.18. The first-order valence-electron chi connectivity index (χ1n) is 9.41. The summed E-state index contributed by atoms with van der Waals surface area (Å²) in [4.78, 5) is 25.3. The van der Waals surface area contributed by atoms with E-state index in [1.165, 1.54) is 6.07 Å². The van der Waals surface area contributed by atoms with E-state index in [0.717, 1.165) is 22.5 Å². The van der Waals surface area contributed by atoms with Crippen LogP contribution in [0.4, 0.5) is 5.69 Å². The van der Waals surface area contributed by atoms with Gasteiger partial charge in [-0.1, -0.05) is 42.5 Å². The van der Waals surface area contributed by atoms with Crippen molar-refractivity contribution in [3.05, 3.63) is 82.7 Å². The Hall–Kier alpha value is -3.01. The van der Waals surface area contributed by atoms with Crippen molar-refractivity contribution < 1.29 is 22.7 Å². The molecular formula is C22H22N2O5S2. The largest absolute Gasteiger partial charge is 0.446 e. The molecule has 0 fully saturated rings. The first-order valence-corrected chi connectivity index (χ1v) is 11.8. The molecule has 1 unspecified atom stereocenters. The number of hydrogen-bond acceptors (Lipinski definition) is 6. The van der Waals surface area contributed by atoms with Gasteiger partial charge in [-0.3, -0.25) is 9.59 Å². The molecule has 0 radical (unpaired) electrons. The lowest BCUT2D eigenvalue weighted by atomic mass is 10.1. The second kappa shape index (κ2) is 9.86. The molecule has 0 aliphatic rings. The SMILES string of the molecule is Cc1cc(C)cc(NC(=O)C(OC(=O)CNS(=O)(=O)c2cccs2)c2ccccc2)c1. The van der Waals surface area contributed by atoms with Crippen LogP contribution in [0.25, 0.3) is 0 Å². The maximum atomic E-state index is 12.9. The van der Waals surface area contributed by atoms with E-state index in [2.05, 4.69) is 10.0 Å². The number of aryl methyl sites for hydroxylation is 2. The molecule has 0 bridgehead atoms. The molecule has 1 aromatic heterocycles. The minimum Gasteiger partial charge on any atom is -0.446 e. The average Bonchev–Trinajstić information content (AvgIpc) is 3.26. The molecule has 2 aromatic carbocycles. The Labute approximate surface area is 185 Å². The van der Waals surface area contributed by atoms with Crippen LogP contribution in [-0.4, -0.2) is 26.8 Å². The van der Waals surface area contributed by atoms with Gasteiger partial charge in [0.05, 0.1) is 0 Å². The van der Waals surface area contributed by atoms with E-state index in [0.29, 0.717) is 11.3 Å². The molecule has 162 valence electrons. The number of hydrogen-bond donors (Lipinski definition) is 2. The summed E-state index contributed by atoms with van der Waals surface area (Å²) >= 11 is 1.03. The summed E-state index contributed by atoms with van der Waals surface area (Å²) < 4.78 is 32.1.